The smallest absolute Gasteiger partial charge is 0.264 e. The van der Waals surface area contributed by atoms with Gasteiger partial charge in [0, 0.05) is 53.2 Å². The van der Waals surface area contributed by atoms with Crippen LogP contribution < -0.4 is 9.80 Å². The summed E-state index contributed by atoms with van der Waals surface area (Å²) in [4.78, 5) is 57.9. The van der Waals surface area contributed by atoms with Gasteiger partial charge in [0.1, 0.15) is 0 Å². The highest BCUT2D eigenvalue weighted by atomic mass is 79.9. The van der Waals surface area contributed by atoms with Crippen molar-refractivity contribution in [2.24, 2.45) is 5.92 Å². The fourth-order valence-corrected chi connectivity index (χ4v) is 10.8. The summed E-state index contributed by atoms with van der Waals surface area (Å²) in [5.74, 6) is -0.752. The van der Waals surface area contributed by atoms with Crippen LogP contribution in [0, 0.1) is 5.92 Å². The van der Waals surface area contributed by atoms with Gasteiger partial charge in [-0.05, 0) is 61.0 Å². The van der Waals surface area contributed by atoms with Crippen LogP contribution >= 0.6 is 15.9 Å². The van der Waals surface area contributed by atoms with Gasteiger partial charge in [-0.3, -0.25) is 14.4 Å². The zero-order chi connectivity index (χ0) is 33.5. The topological polar surface area (TPSA) is 111 Å². The van der Waals surface area contributed by atoms with Crippen LogP contribution in [0.5, 0.6) is 0 Å². The molecule has 3 aromatic rings. The number of rotatable bonds is 10. The van der Waals surface area contributed by atoms with Gasteiger partial charge in [0.15, 0.2) is 13.9 Å². The highest BCUT2D eigenvalue weighted by molar-refractivity contribution is 9.10. The summed E-state index contributed by atoms with van der Waals surface area (Å²) in [5.41, 5.74) is 2.27. The minimum Gasteiger partial charge on any atom is -0.432 e. The van der Waals surface area contributed by atoms with E-state index < -0.39 is 31.5 Å². The van der Waals surface area contributed by atoms with Gasteiger partial charge >= 0.3 is 0 Å². The summed E-state index contributed by atoms with van der Waals surface area (Å²) in [6.07, 6.45) is 0.631. The normalized spacial score (nSPS) is 24.0. The van der Waals surface area contributed by atoms with Gasteiger partial charge in [-0.15, -0.1) is 0 Å². The molecule has 0 saturated carbocycles. The third-order valence-electron chi connectivity index (χ3n) is 9.90. The SMILES string of the molecule is C[C@H]1[C@H]([Si](C)(C)O)[C@@H](CC(=O)N(CCO)Cc2ccccc2)O[C@]12C(=O)N(Cc1cccc(N3CCCC3=O)c1)c1ccc(Br)cc12. The lowest BCUT2D eigenvalue weighted by atomic mass is 9.82. The summed E-state index contributed by atoms with van der Waals surface area (Å²) in [5, 5.41) is 9.79. The Labute approximate surface area is 285 Å². The second-order valence-corrected chi connectivity index (χ2v) is 18.3. The van der Waals surface area contributed by atoms with E-state index in [1.807, 2.05) is 92.8 Å². The van der Waals surface area contributed by atoms with Crippen molar-refractivity contribution in [2.75, 3.05) is 29.5 Å². The van der Waals surface area contributed by atoms with E-state index in [1.54, 1.807) is 14.7 Å². The van der Waals surface area contributed by atoms with Crippen molar-refractivity contribution >= 4 is 53.3 Å². The maximum absolute atomic E-state index is 14.8. The van der Waals surface area contributed by atoms with Gasteiger partial charge in [0.05, 0.1) is 31.4 Å². The molecule has 0 bridgehead atoms. The van der Waals surface area contributed by atoms with Crippen LogP contribution in [0.3, 0.4) is 0 Å². The Balaban J connectivity index is 1.33. The molecular formula is C36H42BrN3O6Si. The number of benzene rings is 3. The van der Waals surface area contributed by atoms with Crippen molar-refractivity contribution in [3.63, 3.8) is 0 Å². The summed E-state index contributed by atoms with van der Waals surface area (Å²) >= 11 is 3.60. The molecule has 11 heteroatoms. The molecule has 0 aliphatic carbocycles. The fourth-order valence-electron chi connectivity index (χ4n) is 7.85. The molecule has 1 spiro atoms. The van der Waals surface area contributed by atoms with Crippen molar-refractivity contribution in [3.05, 3.63) is 94.0 Å². The first-order valence-electron chi connectivity index (χ1n) is 16.3. The Hall–Kier alpha value is -3.35. The number of nitrogens with zero attached hydrogens (tertiary/aromatic N) is 3. The third kappa shape index (κ3) is 6.31. The first-order chi connectivity index (χ1) is 22.4. The lowest BCUT2D eigenvalue weighted by molar-refractivity contribution is -0.150. The average molecular weight is 721 g/mol. The molecule has 0 aromatic heterocycles. The Morgan fingerprint density at radius 2 is 1.81 bits per heavy atom. The Bertz CT molecular complexity index is 1670. The van der Waals surface area contributed by atoms with Crippen LogP contribution in [-0.4, -0.2) is 66.6 Å². The minimum atomic E-state index is -2.99. The summed E-state index contributed by atoms with van der Waals surface area (Å²) in [7, 11) is -2.99. The molecule has 0 radical (unpaired) electrons. The van der Waals surface area contributed by atoms with E-state index in [9.17, 15) is 24.3 Å². The van der Waals surface area contributed by atoms with E-state index in [-0.39, 0.29) is 43.8 Å². The fraction of sp³-hybridized carbons (Fsp3) is 0.417. The highest BCUT2D eigenvalue weighted by Gasteiger charge is 2.66. The molecule has 248 valence electrons. The molecular weight excluding hydrogens is 678 g/mol. The molecule has 3 aromatic carbocycles. The first kappa shape index (κ1) is 33.5. The van der Waals surface area contributed by atoms with E-state index in [4.69, 9.17) is 4.74 Å². The van der Waals surface area contributed by atoms with Crippen LogP contribution in [0.25, 0.3) is 0 Å². The Morgan fingerprint density at radius 1 is 1.06 bits per heavy atom. The van der Waals surface area contributed by atoms with E-state index in [2.05, 4.69) is 15.9 Å². The van der Waals surface area contributed by atoms with Crippen molar-refractivity contribution in [1.82, 2.24) is 4.90 Å². The number of fused-ring (bicyclic) bond motifs is 2. The van der Waals surface area contributed by atoms with E-state index in [0.717, 1.165) is 33.4 Å². The van der Waals surface area contributed by atoms with Gasteiger partial charge in [0.25, 0.3) is 5.91 Å². The molecule has 3 amide bonds. The number of aliphatic hydroxyl groups excluding tert-OH is 1. The molecule has 3 aliphatic heterocycles. The van der Waals surface area contributed by atoms with Crippen molar-refractivity contribution in [1.29, 1.82) is 0 Å². The number of aliphatic hydroxyl groups is 1. The van der Waals surface area contributed by atoms with Crippen LogP contribution in [0.15, 0.2) is 77.3 Å². The quantitative estimate of drug-likeness (QED) is 0.274. The molecule has 0 unspecified atom stereocenters. The number of ether oxygens (including phenoxy) is 1. The molecule has 47 heavy (non-hydrogen) atoms. The number of hydrogen-bond acceptors (Lipinski definition) is 6. The Kier molecular flexibility index (Phi) is 9.47. The average Bonchev–Trinajstić information content (AvgIpc) is 3.66. The van der Waals surface area contributed by atoms with Crippen molar-refractivity contribution in [3.8, 4) is 0 Å². The first-order valence-corrected chi connectivity index (χ1v) is 20.1. The maximum Gasteiger partial charge on any atom is 0.264 e. The number of carbonyl (C=O) groups is 3. The van der Waals surface area contributed by atoms with E-state index >= 15 is 0 Å². The molecule has 3 aliphatic rings. The minimum absolute atomic E-state index is 0.0247. The lowest BCUT2D eigenvalue weighted by Gasteiger charge is -2.32. The Morgan fingerprint density at radius 3 is 2.49 bits per heavy atom. The number of amides is 3. The highest BCUT2D eigenvalue weighted by Crippen LogP contribution is 2.60. The summed E-state index contributed by atoms with van der Waals surface area (Å²) in [6.45, 7) is 6.91. The van der Waals surface area contributed by atoms with E-state index in [0.29, 0.717) is 25.1 Å². The van der Waals surface area contributed by atoms with Crippen LogP contribution in [-0.2, 0) is 37.8 Å². The second kappa shape index (κ2) is 13.3. The summed E-state index contributed by atoms with van der Waals surface area (Å²) in [6, 6.07) is 23.1. The zero-order valence-electron chi connectivity index (χ0n) is 27.1. The van der Waals surface area contributed by atoms with Crippen LogP contribution in [0.2, 0.25) is 18.6 Å². The van der Waals surface area contributed by atoms with Crippen LogP contribution in [0.4, 0.5) is 11.4 Å². The van der Waals surface area contributed by atoms with Crippen molar-refractivity contribution in [2.45, 2.75) is 69.6 Å². The predicted octanol–water partition coefficient (Wildman–Crippen LogP) is 5.33. The number of anilines is 2. The van der Waals surface area contributed by atoms with Crippen molar-refractivity contribution < 1.29 is 29.0 Å². The largest absolute Gasteiger partial charge is 0.432 e. The molecule has 2 N–H and O–H groups in total. The van der Waals surface area contributed by atoms with Gasteiger partial charge in [-0.25, -0.2) is 0 Å². The standard InChI is InChI=1S/C36H42BrN3O6Si/c1-24-34(47(2,3)45)31(21-33(43)38(17-18-41)22-25-9-5-4-6-10-25)46-36(24)29-20-27(37)14-15-30(29)40(35(36)44)23-26-11-7-12-28(19-26)39-16-8-13-32(39)42/h4-7,9-12,14-15,19-20,24,31,34,41,45H,8,13,16-18,21-23H2,1-3H3/t24-,31+,34-,36+/m0/s1. The molecule has 2 saturated heterocycles. The number of halogens is 1. The molecule has 2 fully saturated rings. The maximum atomic E-state index is 14.8. The van der Waals surface area contributed by atoms with Gasteiger partial charge in [-0.2, -0.15) is 0 Å². The molecule has 4 atom stereocenters. The second-order valence-electron chi connectivity index (χ2n) is 13.5. The van der Waals surface area contributed by atoms with Gasteiger partial charge < -0.3 is 29.3 Å². The van der Waals surface area contributed by atoms with Gasteiger partial charge in [0.2, 0.25) is 11.8 Å². The lowest BCUT2D eigenvalue weighted by Crippen LogP contribution is -2.46. The molecule has 3 heterocycles. The molecule has 6 rings (SSSR count). The zero-order valence-corrected chi connectivity index (χ0v) is 29.7. The number of hydrogen-bond donors (Lipinski definition) is 2. The van der Waals surface area contributed by atoms with E-state index in [1.165, 1.54) is 0 Å². The molecule has 9 nitrogen and oxygen atoms in total. The third-order valence-corrected chi connectivity index (χ3v) is 12.9. The predicted molar refractivity (Wildman–Crippen MR) is 186 cm³/mol. The van der Waals surface area contributed by atoms with Crippen LogP contribution in [0.1, 0.15) is 42.9 Å². The summed E-state index contributed by atoms with van der Waals surface area (Å²) < 4.78 is 7.69. The monoisotopic (exact) mass is 719 g/mol. The van der Waals surface area contributed by atoms with Gasteiger partial charge in [-0.1, -0.05) is 65.3 Å². The number of carbonyl (C=O) groups excluding carboxylic acids is 3.